The molecular formula is C18H14N2O2. The lowest BCUT2D eigenvalue weighted by Crippen LogP contribution is -2.11. The molecular weight excluding hydrogens is 276 g/mol. The van der Waals surface area contributed by atoms with Crippen LogP contribution in [0.2, 0.25) is 0 Å². The summed E-state index contributed by atoms with van der Waals surface area (Å²) in [6.45, 7) is 1.78. The molecule has 108 valence electrons. The van der Waals surface area contributed by atoms with E-state index in [1.54, 1.807) is 13.0 Å². The number of carbonyl (C=O) groups is 1. The van der Waals surface area contributed by atoms with Gasteiger partial charge in [-0.2, -0.15) is 0 Å². The Morgan fingerprint density at radius 3 is 2.73 bits per heavy atom. The minimum absolute atomic E-state index is 0.223. The number of amides is 1. The van der Waals surface area contributed by atoms with Crippen molar-refractivity contribution in [2.45, 2.75) is 13.3 Å². The van der Waals surface area contributed by atoms with E-state index in [0.29, 0.717) is 5.69 Å². The summed E-state index contributed by atoms with van der Waals surface area (Å²) < 4.78 is 4.98. The minimum Gasteiger partial charge on any atom is -0.351 e. The van der Waals surface area contributed by atoms with Gasteiger partial charge in [0, 0.05) is 11.8 Å². The molecule has 0 bridgehead atoms. The van der Waals surface area contributed by atoms with E-state index < -0.39 is 0 Å². The summed E-state index contributed by atoms with van der Waals surface area (Å²) >= 11 is 0. The van der Waals surface area contributed by atoms with Crippen molar-refractivity contribution in [2.24, 2.45) is 0 Å². The highest BCUT2D eigenvalue weighted by atomic mass is 16.5. The quantitative estimate of drug-likeness (QED) is 0.611. The van der Waals surface area contributed by atoms with E-state index >= 15 is 0 Å². The monoisotopic (exact) mass is 290 g/mol. The Morgan fingerprint density at radius 1 is 1.09 bits per heavy atom. The molecule has 1 aromatic heterocycles. The molecule has 0 atom stereocenters. The fourth-order valence-electron chi connectivity index (χ4n) is 2.89. The van der Waals surface area contributed by atoms with Crippen LogP contribution in [0.1, 0.15) is 27.4 Å². The Hall–Kier alpha value is -2.88. The van der Waals surface area contributed by atoms with Gasteiger partial charge in [-0.1, -0.05) is 35.5 Å². The van der Waals surface area contributed by atoms with Gasteiger partial charge in [0.2, 0.25) is 5.76 Å². The maximum atomic E-state index is 12.1. The molecule has 0 aliphatic heterocycles. The van der Waals surface area contributed by atoms with Gasteiger partial charge in [-0.15, -0.1) is 0 Å². The van der Waals surface area contributed by atoms with E-state index in [9.17, 15) is 4.79 Å². The van der Waals surface area contributed by atoms with Crippen LogP contribution in [0.3, 0.4) is 0 Å². The molecule has 1 aliphatic carbocycles. The van der Waals surface area contributed by atoms with Gasteiger partial charge in [0.15, 0.2) is 0 Å². The van der Waals surface area contributed by atoms with Crippen LogP contribution in [-0.2, 0) is 6.42 Å². The molecule has 2 aromatic carbocycles. The first kappa shape index (κ1) is 12.8. The zero-order chi connectivity index (χ0) is 15.1. The maximum Gasteiger partial charge on any atom is 0.294 e. The van der Waals surface area contributed by atoms with Crippen molar-refractivity contribution in [3.8, 4) is 11.1 Å². The lowest BCUT2D eigenvalue weighted by molar-refractivity contribution is 0.0988. The van der Waals surface area contributed by atoms with Gasteiger partial charge in [0.05, 0.1) is 5.69 Å². The first-order chi connectivity index (χ1) is 10.7. The van der Waals surface area contributed by atoms with E-state index in [1.807, 2.05) is 12.1 Å². The first-order valence-electron chi connectivity index (χ1n) is 7.16. The molecule has 1 amide bonds. The fraction of sp³-hybridized carbons (Fsp3) is 0.111. The van der Waals surface area contributed by atoms with Crippen LogP contribution < -0.4 is 5.32 Å². The highest BCUT2D eigenvalue weighted by Gasteiger charge is 2.19. The zero-order valence-electron chi connectivity index (χ0n) is 12.1. The van der Waals surface area contributed by atoms with Gasteiger partial charge in [-0.3, -0.25) is 4.79 Å². The average molecular weight is 290 g/mol. The Morgan fingerprint density at radius 2 is 1.91 bits per heavy atom. The normalized spacial score (nSPS) is 11.9. The topological polar surface area (TPSA) is 55.1 Å². The van der Waals surface area contributed by atoms with Gasteiger partial charge >= 0.3 is 0 Å². The Kier molecular flexibility index (Phi) is 2.82. The number of nitrogens with zero attached hydrogens (tertiary/aromatic N) is 1. The van der Waals surface area contributed by atoms with Crippen molar-refractivity contribution in [2.75, 3.05) is 5.32 Å². The Balaban J connectivity index is 1.61. The molecule has 0 saturated carbocycles. The fourth-order valence-corrected chi connectivity index (χ4v) is 2.89. The van der Waals surface area contributed by atoms with Crippen LogP contribution in [0.5, 0.6) is 0 Å². The molecule has 22 heavy (non-hydrogen) atoms. The summed E-state index contributed by atoms with van der Waals surface area (Å²) in [5.41, 5.74) is 6.53. The van der Waals surface area contributed by atoms with E-state index in [2.05, 4.69) is 40.8 Å². The van der Waals surface area contributed by atoms with Crippen molar-refractivity contribution < 1.29 is 9.32 Å². The zero-order valence-corrected chi connectivity index (χ0v) is 12.1. The van der Waals surface area contributed by atoms with Crippen molar-refractivity contribution >= 4 is 11.6 Å². The highest BCUT2D eigenvalue weighted by Crippen LogP contribution is 2.37. The summed E-state index contributed by atoms with van der Waals surface area (Å²) in [6, 6.07) is 16.0. The number of hydrogen-bond acceptors (Lipinski definition) is 3. The van der Waals surface area contributed by atoms with E-state index in [4.69, 9.17) is 4.52 Å². The predicted molar refractivity (Wildman–Crippen MR) is 83.9 cm³/mol. The van der Waals surface area contributed by atoms with Crippen LogP contribution in [0, 0.1) is 6.92 Å². The maximum absolute atomic E-state index is 12.1. The summed E-state index contributed by atoms with van der Waals surface area (Å²) in [7, 11) is 0. The lowest BCUT2D eigenvalue weighted by Gasteiger charge is -2.06. The summed E-state index contributed by atoms with van der Waals surface area (Å²) in [5.74, 6) is -0.0580. The van der Waals surface area contributed by atoms with Gasteiger partial charge in [0.1, 0.15) is 0 Å². The molecule has 0 fully saturated rings. The average Bonchev–Trinajstić information content (AvgIpc) is 3.10. The number of carbonyl (C=O) groups excluding carboxylic acids is 1. The summed E-state index contributed by atoms with van der Waals surface area (Å²) in [6.07, 6.45) is 0.899. The Bertz CT molecular complexity index is 880. The smallest absolute Gasteiger partial charge is 0.294 e. The molecule has 0 spiro atoms. The number of nitrogens with one attached hydrogen (secondary N) is 1. The number of benzene rings is 2. The standard InChI is InChI=1S/C18H14N2O2/c1-11-8-17(22-20-11)18(21)19-14-6-7-16-13(10-14)9-12-4-2-3-5-15(12)16/h2-8,10H,9H2,1H3,(H,19,21). The van der Waals surface area contributed by atoms with Crippen LogP contribution in [0.25, 0.3) is 11.1 Å². The molecule has 0 unspecified atom stereocenters. The number of aromatic nitrogens is 1. The van der Waals surface area contributed by atoms with Gasteiger partial charge in [-0.25, -0.2) is 0 Å². The van der Waals surface area contributed by atoms with Gasteiger partial charge in [-0.05, 0) is 47.7 Å². The van der Waals surface area contributed by atoms with Gasteiger partial charge < -0.3 is 9.84 Å². The number of rotatable bonds is 2. The largest absolute Gasteiger partial charge is 0.351 e. The van der Waals surface area contributed by atoms with Crippen LogP contribution in [0.4, 0.5) is 5.69 Å². The predicted octanol–water partition coefficient (Wildman–Crippen LogP) is 3.81. The van der Waals surface area contributed by atoms with E-state index in [-0.39, 0.29) is 11.7 Å². The summed E-state index contributed by atoms with van der Waals surface area (Å²) in [4.78, 5) is 12.1. The lowest BCUT2D eigenvalue weighted by atomic mass is 10.1. The molecule has 4 nitrogen and oxygen atoms in total. The molecule has 3 aromatic rings. The molecule has 4 rings (SSSR count). The van der Waals surface area contributed by atoms with Crippen molar-refractivity contribution in [3.63, 3.8) is 0 Å². The SMILES string of the molecule is Cc1cc(C(=O)Nc2ccc3c(c2)Cc2ccccc2-3)on1. The highest BCUT2D eigenvalue weighted by molar-refractivity contribution is 6.02. The number of hydrogen-bond donors (Lipinski definition) is 1. The third kappa shape index (κ3) is 2.09. The van der Waals surface area contributed by atoms with Crippen molar-refractivity contribution in [1.29, 1.82) is 0 Å². The molecule has 0 radical (unpaired) electrons. The third-order valence-electron chi connectivity index (χ3n) is 3.90. The van der Waals surface area contributed by atoms with E-state index in [1.165, 1.54) is 22.3 Å². The van der Waals surface area contributed by atoms with Crippen LogP contribution in [-0.4, -0.2) is 11.1 Å². The third-order valence-corrected chi connectivity index (χ3v) is 3.90. The van der Waals surface area contributed by atoms with E-state index in [0.717, 1.165) is 12.1 Å². The number of anilines is 1. The molecule has 1 N–H and O–H groups in total. The number of aryl methyl sites for hydroxylation is 1. The molecule has 4 heteroatoms. The van der Waals surface area contributed by atoms with Crippen molar-refractivity contribution in [1.82, 2.24) is 5.16 Å². The second kappa shape index (κ2) is 4.84. The second-order valence-corrected chi connectivity index (χ2v) is 5.49. The number of fused-ring (bicyclic) bond motifs is 3. The van der Waals surface area contributed by atoms with Crippen LogP contribution in [0.15, 0.2) is 53.1 Å². The summed E-state index contributed by atoms with van der Waals surface area (Å²) in [5, 5.41) is 6.58. The Labute approximate surface area is 127 Å². The molecule has 1 heterocycles. The first-order valence-corrected chi connectivity index (χ1v) is 7.16. The van der Waals surface area contributed by atoms with Crippen molar-refractivity contribution in [3.05, 3.63) is 71.1 Å². The van der Waals surface area contributed by atoms with Crippen LogP contribution >= 0.6 is 0 Å². The molecule has 1 aliphatic rings. The minimum atomic E-state index is -0.281. The second-order valence-electron chi connectivity index (χ2n) is 5.49. The van der Waals surface area contributed by atoms with Gasteiger partial charge in [0.25, 0.3) is 5.91 Å². The molecule has 0 saturated heterocycles.